The van der Waals surface area contributed by atoms with Crippen LogP contribution in [0.25, 0.3) is 0 Å². The molecule has 0 saturated heterocycles. The molecule has 1 saturated carbocycles. The Balaban J connectivity index is 2.49. The highest BCUT2D eigenvalue weighted by atomic mass is 32.2. The molecule has 0 N–H and O–H groups in total. The highest BCUT2D eigenvalue weighted by molar-refractivity contribution is 7.85. The molecule has 1 rings (SSSR count). The quantitative estimate of drug-likeness (QED) is 0.538. The van der Waals surface area contributed by atoms with Crippen molar-refractivity contribution in [1.29, 1.82) is 0 Å². The smallest absolute Gasteiger partial charge is 0.100 e. The largest absolute Gasteiger partial charge is 0.748 e. The molecule has 0 aromatic rings. The van der Waals surface area contributed by atoms with Crippen molar-refractivity contribution < 1.29 is 17.5 Å². The van der Waals surface area contributed by atoms with E-state index in [1.807, 2.05) is 14.1 Å². The van der Waals surface area contributed by atoms with E-state index in [1.165, 1.54) is 19.3 Å². The normalized spacial score (nSPS) is 20.5. The Kier molecular flexibility index (Phi) is 4.14. The van der Waals surface area contributed by atoms with Crippen LogP contribution < -0.4 is 0 Å². The van der Waals surface area contributed by atoms with Crippen molar-refractivity contribution in [2.75, 3.05) is 26.4 Å². The Labute approximate surface area is 92.6 Å². The van der Waals surface area contributed by atoms with E-state index in [0.717, 1.165) is 12.8 Å². The van der Waals surface area contributed by atoms with Gasteiger partial charge in [0.2, 0.25) is 0 Å². The first-order valence-corrected chi connectivity index (χ1v) is 7.15. The summed E-state index contributed by atoms with van der Waals surface area (Å²) in [5.74, 6) is -0.240. The zero-order valence-electron chi connectivity index (χ0n) is 9.61. The van der Waals surface area contributed by atoms with Gasteiger partial charge in [-0.15, -0.1) is 0 Å². The lowest BCUT2D eigenvalue weighted by Gasteiger charge is -2.40. The third-order valence-electron chi connectivity index (χ3n) is 3.48. The summed E-state index contributed by atoms with van der Waals surface area (Å²) in [5.41, 5.74) is 0. The van der Waals surface area contributed by atoms with Crippen LogP contribution in [0, 0.1) is 0 Å². The van der Waals surface area contributed by atoms with Crippen molar-refractivity contribution in [3.8, 4) is 0 Å². The molecular formula is C10H21NO3S. The Bertz CT molecular complexity index is 292. The van der Waals surface area contributed by atoms with Crippen LogP contribution in [0.4, 0.5) is 0 Å². The van der Waals surface area contributed by atoms with Gasteiger partial charge in [0, 0.05) is 0 Å². The van der Waals surface area contributed by atoms with Crippen LogP contribution in [0.5, 0.6) is 0 Å². The highest BCUT2D eigenvalue weighted by Crippen LogP contribution is 2.25. The third-order valence-corrected chi connectivity index (χ3v) is 4.16. The summed E-state index contributed by atoms with van der Waals surface area (Å²) in [7, 11) is -0.00373. The van der Waals surface area contributed by atoms with Crippen molar-refractivity contribution in [3.05, 3.63) is 0 Å². The zero-order valence-corrected chi connectivity index (χ0v) is 10.4. The van der Waals surface area contributed by atoms with E-state index in [9.17, 15) is 13.0 Å². The second-order valence-electron chi connectivity index (χ2n) is 5.06. The molecule has 1 aliphatic carbocycles. The maximum Gasteiger partial charge on any atom is 0.100 e. The molecule has 0 atom stereocenters. The third kappa shape index (κ3) is 4.49. The lowest BCUT2D eigenvalue weighted by atomic mass is 9.93. The SMILES string of the molecule is C[N+](C)(CCS(=O)(=O)[O-])C1CCCCC1. The minimum Gasteiger partial charge on any atom is -0.748 e. The van der Waals surface area contributed by atoms with E-state index in [2.05, 4.69) is 0 Å². The van der Waals surface area contributed by atoms with Gasteiger partial charge in [0.1, 0.15) is 10.1 Å². The summed E-state index contributed by atoms with van der Waals surface area (Å²) in [5, 5.41) is 0. The van der Waals surface area contributed by atoms with Gasteiger partial charge < -0.3 is 9.04 Å². The Morgan fingerprint density at radius 2 is 1.73 bits per heavy atom. The topological polar surface area (TPSA) is 57.2 Å². The second kappa shape index (κ2) is 4.80. The number of hydrogen-bond donors (Lipinski definition) is 0. The number of hydrogen-bond acceptors (Lipinski definition) is 3. The summed E-state index contributed by atoms with van der Waals surface area (Å²) in [6.45, 7) is 0.441. The van der Waals surface area contributed by atoms with Crippen LogP contribution in [0.1, 0.15) is 32.1 Å². The minimum absolute atomic E-state index is 0.240. The average Bonchev–Trinajstić information content (AvgIpc) is 2.16. The maximum atomic E-state index is 10.6. The van der Waals surface area contributed by atoms with E-state index in [0.29, 0.717) is 17.1 Å². The van der Waals surface area contributed by atoms with E-state index in [-0.39, 0.29) is 5.75 Å². The highest BCUT2D eigenvalue weighted by Gasteiger charge is 2.29. The monoisotopic (exact) mass is 235 g/mol. The molecule has 1 aliphatic rings. The zero-order chi connectivity index (χ0) is 11.5. The van der Waals surface area contributed by atoms with Gasteiger partial charge in [-0.25, -0.2) is 8.42 Å². The first kappa shape index (κ1) is 12.9. The van der Waals surface area contributed by atoms with Gasteiger partial charge >= 0.3 is 0 Å². The molecule has 0 radical (unpaired) electrons. The Hall–Kier alpha value is -0.130. The van der Waals surface area contributed by atoms with E-state index in [1.54, 1.807) is 0 Å². The predicted octanol–water partition coefficient (Wildman–Crippen LogP) is 0.941. The molecule has 90 valence electrons. The van der Waals surface area contributed by atoms with Gasteiger partial charge in [0.15, 0.2) is 0 Å². The summed E-state index contributed by atoms with van der Waals surface area (Å²) >= 11 is 0. The van der Waals surface area contributed by atoms with E-state index < -0.39 is 10.1 Å². The molecule has 15 heavy (non-hydrogen) atoms. The summed E-state index contributed by atoms with van der Waals surface area (Å²) in [6.07, 6.45) is 6.07. The fourth-order valence-corrected chi connectivity index (χ4v) is 3.00. The fourth-order valence-electron chi connectivity index (χ4n) is 2.31. The lowest BCUT2D eigenvalue weighted by Crippen LogP contribution is -2.51. The van der Waals surface area contributed by atoms with Crippen LogP contribution in [-0.4, -0.2) is 49.9 Å². The van der Waals surface area contributed by atoms with Gasteiger partial charge in [-0.05, 0) is 25.7 Å². The number of quaternary nitrogens is 1. The van der Waals surface area contributed by atoms with Gasteiger partial charge in [-0.2, -0.15) is 0 Å². The molecule has 4 nitrogen and oxygen atoms in total. The Morgan fingerprint density at radius 3 is 2.20 bits per heavy atom. The van der Waals surface area contributed by atoms with Crippen molar-refractivity contribution in [2.45, 2.75) is 38.1 Å². The fraction of sp³-hybridized carbons (Fsp3) is 1.00. The van der Waals surface area contributed by atoms with Crippen LogP contribution in [0.15, 0.2) is 0 Å². The molecule has 5 heteroatoms. The first-order valence-electron chi connectivity index (χ1n) is 5.57. The molecule has 0 bridgehead atoms. The molecular weight excluding hydrogens is 214 g/mol. The Morgan fingerprint density at radius 1 is 1.20 bits per heavy atom. The average molecular weight is 235 g/mol. The molecule has 0 spiro atoms. The van der Waals surface area contributed by atoms with Gasteiger partial charge in [-0.1, -0.05) is 6.42 Å². The summed E-state index contributed by atoms with van der Waals surface area (Å²) in [6, 6.07) is 0.528. The van der Waals surface area contributed by atoms with Gasteiger partial charge in [-0.3, -0.25) is 0 Å². The molecule has 0 aromatic heterocycles. The molecule has 1 fully saturated rings. The summed E-state index contributed by atoms with van der Waals surface area (Å²) < 4.78 is 32.5. The van der Waals surface area contributed by atoms with Gasteiger partial charge in [0.05, 0.1) is 32.4 Å². The van der Waals surface area contributed by atoms with Crippen LogP contribution in [0.2, 0.25) is 0 Å². The van der Waals surface area contributed by atoms with Gasteiger partial charge in [0.25, 0.3) is 0 Å². The van der Waals surface area contributed by atoms with Crippen molar-refractivity contribution in [2.24, 2.45) is 0 Å². The number of nitrogens with zero attached hydrogens (tertiary/aromatic N) is 1. The molecule has 0 amide bonds. The second-order valence-corrected chi connectivity index (χ2v) is 6.58. The summed E-state index contributed by atoms with van der Waals surface area (Å²) in [4.78, 5) is 0. The van der Waals surface area contributed by atoms with Crippen molar-refractivity contribution in [3.63, 3.8) is 0 Å². The first-order chi connectivity index (χ1) is 6.81. The van der Waals surface area contributed by atoms with Crippen molar-refractivity contribution >= 4 is 10.1 Å². The lowest BCUT2D eigenvalue weighted by molar-refractivity contribution is -0.914. The van der Waals surface area contributed by atoms with Crippen LogP contribution in [0.3, 0.4) is 0 Å². The van der Waals surface area contributed by atoms with Crippen molar-refractivity contribution in [1.82, 2.24) is 0 Å². The minimum atomic E-state index is -4.06. The predicted molar refractivity (Wildman–Crippen MR) is 58.4 cm³/mol. The number of rotatable bonds is 4. The maximum absolute atomic E-state index is 10.6. The molecule has 0 aliphatic heterocycles. The van der Waals surface area contributed by atoms with E-state index in [4.69, 9.17) is 0 Å². The molecule has 0 heterocycles. The van der Waals surface area contributed by atoms with Crippen LogP contribution >= 0.6 is 0 Å². The molecule has 0 unspecified atom stereocenters. The van der Waals surface area contributed by atoms with E-state index >= 15 is 0 Å². The van der Waals surface area contributed by atoms with Crippen LogP contribution in [-0.2, 0) is 10.1 Å². The molecule has 0 aromatic carbocycles. The standard InChI is InChI=1S/C10H21NO3S/c1-11(2,8-9-15(12,13)14)10-6-4-3-5-7-10/h10H,3-9H2,1-2H3.